The fourth-order valence-electron chi connectivity index (χ4n) is 2.73. The molecule has 0 aliphatic carbocycles. The molecule has 6 heteroatoms. The quantitative estimate of drug-likeness (QED) is 0.895. The molecule has 1 saturated heterocycles. The van der Waals surface area contributed by atoms with Gasteiger partial charge in [0.2, 0.25) is 0 Å². The molecule has 0 spiro atoms. The molecule has 0 bridgehead atoms. The SMILES string of the molecule is CC1(C(=O)O)CCN(C(=O)NCC(C)(C)c2cccc(F)c2)C1. The van der Waals surface area contributed by atoms with Gasteiger partial charge in [0.25, 0.3) is 0 Å². The molecule has 1 fully saturated rings. The number of hydrogen-bond donors (Lipinski definition) is 2. The molecule has 2 amide bonds. The van der Waals surface area contributed by atoms with Crippen molar-refractivity contribution in [1.82, 2.24) is 10.2 Å². The average Bonchev–Trinajstić information content (AvgIpc) is 2.89. The van der Waals surface area contributed by atoms with Gasteiger partial charge < -0.3 is 15.3 Å². The number of nitrogens with one attached hydrogen (secondary N) is 1. The van der Waals surface area contributed by atoms with Crippen molar-refractivity contribution in [3.05, 3.63) is 35.6 Å². The number of aliphatic carboxylic acids is 1. The Bertz CT molecular complexity index is 618. The van der Waals surface area contributed by atoms with E-state index in [0.717, 1.165) is 5.56 Å². The van der Waals surface area contributed by atoms with Crippen molar-refractivity contribution in [2.24, 2.45) is 5.41 Å². The number of nitrogens with zero attached hydrogens (tertiary/aromatic N) is 1. The summed E-state index contributed by atoms with van der Waals surface area (Å²) in [4.78, 5) is 25.0. The molecule has 1 unspecified atom stereocenters. The van der Waals surface area contributed by atoms with Crippen LogP contribution >= 0.6 is 0 Å². The Morgan fingerprint density at radius 3 is 2.70 bits per heavy atom. The van der Waals surface area contributed by atoms with Gasteiger partial charge in [-0.25, -0.2) is 9.18 Å². The van der Waals surface area contributed by atoms with Gasteiger partial charge in [0.05, 0.1) is 5.41 Å². The Morgan fingerprint density at radius 2 is 2.13 bits per heavy atom. The summed E-state index contributed by atoms with van der Waals surface area (Å²) >= 11 is 0. The Balaban J connectivity index is 1.95. The van der Waals surface area contributed by atoms with Crippen LogP contribution < -0.4 is 5.32 Å². The Hall–Kier alpha value is -2.11. The number of carboxylic acid groups (broad SMARTS) is 1. The maximum Gasteiger partial charge on any atom is 0.317 e. The van der Waals surface area contributed by atoms with E-state index in [-0.39, 0.29) is 18.4 Å². The van der Waals surface area contributed by atoms with Crippen LogP contribution in [0, 0.1) is 11.2 Å². The third kappa shape index (κ3) is 3.81. The summed E-state index contributed by atoms with van der Waals surface area (Å²) in [5, 5.41) is 12.0. The lowest BCUT2D eigenvalue weighted by Gasteiger charge is -2.27. The monoisotopic (exact) mass is 322 g/mol. The smallest absolute Gasteiger partial charge is 0.317 e. The normalized spacial score (nSPS) is 21.3. The first-order chi connectivity index (χ1) is 10.6. The average molecular weight is 322 g/mol. The number of hydrogen-bond acceptors (Lipinski definition) is 2. The molecular weight excluding hydrogens is 299 g/mol. The predicted molar refractivity (Wildman–Crippen MR) is 84.8 cm³/mol. The zero-order chi connectivity index (χ0) is 17.3. The third-order valence-corrected chi connectivity index (χ3v) is 4.56. The van der Waals surface area contributed by atoms with Gasteiger partial charge in [0.1, 0.15) is 5.82 Å². The second-order valence-electron chi connectivity index (χ2n) is 7.09. The van der Waals surface area contributed by atoms with Crippen LogP contribution in [0.4, 0.5) is 9.18 Å². The molecule has 1 aromatic rings. The molecule has 5 nitrogen and oxygen atoms in total. The van der Waals surface area contributed by atoms with Crippen molar-refractivity contribution in [2.45, 2.75) is 32.6 Å². The minimum Gasteiger partial charge on any atom is -0.481 e. The van der Waals surface area contributed by atoms with Gasteiger partial charge in [0, 0.05) is 25.0 Å². The fraction of sp³-hybridized carbons (Fsp3) is 0.529. The maximum absolute atomic E-state index is 13.4. The van der Waals surface area contributed by atoms with E-state index in [2.05, 4.69) is 5.32 Å². The number of rotatable bonds is 4. The summed E-state index contributed by atoms with van der Waals surface area (Å²) in [7, 11) is 0. The molecular formula is C17H23FN2O3. The van der Waals surface area contributed by atoms with E-state index in [1.807, 2.05) is 19.9 Å². The van der Waals surface area contributed by atoms with Crippen LogP contribution in [-0.4, -0.2) is 41.6 Å². The highest BCUT2D eigenvalue weighted by molar-refractivity contribution is 5.79. The second-order valence-corrected chi connectivity index (χ2v) is 7.09. The van der Waals surface area contributed by atoms with Crippen molar-refractivity contribution in [3.8, 4) is 0 Å². The van der Waals surface area contributed by atoms with E-state index >= 15 is 0 Å². The molecule has 0 saturated carbocycles. The lowest BCUT2D eigenvalue weighted by atomic mass is 9.84. The molecule has 1 aromatic carbocycles. The number of carbonyl (C=O) groups is 2. The van der Waals surface area contributed by atoms with Gasteiger partial charge in [-0.1, -0.05) is 26.0 Å². The highest BCUT2D eigenvalue weighted by Crippen LogP contribution is 2.30. The van der Waals surface area contributed by atoms with E-state index in [1.54, 1.807) is 13.0 Å². The van der Waals surface area contributed by atoms with Gasteiger partial charge in [-0.2, -0.15) is 0 Å². The largest absolute Gasteiger partial charge is 0.481 e. The summed E-state index contributed by atoms with van der Waals surface area (Å²) < 4.78 is 13.4. The minimum atomic E-state index is -0.882. The molecule has 23 heavy (non-hydrogen) atoms. The molecule has 1 aliphatic heterocycles. The molecule has 2 rings (SSSR count). The zero-order valence-corrected chi connectivity index (χ0v) is 13.7. The topological polar surface area (TPSA) is 69.6 Å². The number of carboxylic acids is 1. The third-order valence-electron chi connectivity index (χ3n) is 4.56. The number of carbonyl (C=O) groups excluding carboxylic acids is 1. The van der Waals surface area contributed by atoms with Gasteiger partial charge in [-0.15, -0.1) is 0 Å². The van der Waals surface area contributed by atoms with Gasteiger partial charge >= 0.3 is 12.0 Å². The number of urea groups is 1. The molecule has 2 N–H and O–H groups in total. The van der Waals surface area contributed by atoms with Crippen LogP contribution in [0.15, 0.2) is 24.3 Å². The summed E-state index contributed by atoms with van der Waals surface area (Å²) in [6.45, 7) is 6.47. The second kappa shape index (κ2) is 6.18. The Labute approximate surface area is 135 Å². The van der Waals surface area contributed by atoms with Crippen molar-refractivity contribution in [3.63, 3.8) is 0 Å². The van der Waals surface area contributed by atoms with Crippen molar-refractivity contribution >= 4 is 12.0 Å². The highest BCUT2D eigenvalue weighted by Gasteiger charge is 2.42. The van der Waals surface area contributed by atoms with Crippen molar-refractivity contribution in [2.75, 3.05) is 19.6 Å². The number of amides is 2. The summed E-state index contributed by atoms with van der Waals surface area (Å²) in [6, 6.07) is 6.04. The minimum absolute atomic E-state index is 0.203. The standard InChI is InChI=1S/C17H23FN2O3/c1-16(2,12-5-4-6-13(18)9-12)10-19-15(23)20-8-7-17(3,11-20)14(21)22/h4-6,9H,7-8,10-11H2,1-3H3,(H,19,23)(H,21,22). The van der Waals surface area contributed by atoms with E-state index < -0.39 is 16.8 Å². The Morgan fingerprint density at radius 1 is 1.43 bits per heavy atom. The number of likely N-dealkylation sites (tertiary alicyclic amines) is 1. The van der Waals surface area contributed by atoms with Gasteiger partial charge in [-0.05, 0) is 31.0 Å². The van der Waals surface area contributed by atoms with E-state index in [0.29, 0.717) is 19.5 Å². The van der Waals surface area contributed by atoms with E-state index in [4.69, 9.17) is 0 Å². The van der Waals surface area contributed by atoms with E-state index in [1.165, 1.54) is 17.0 Å². The summed E-state index contributed by atoms with van der Waals surface area (Å²) in [5.41, 5.74) is -0.502. The first kappa shape index (κ1) is 17.2. The first-order valence-corrected chi connectivity index (χ1v) is 7.66. The summed E-state index contributed by atoms with van der Waals surface area (Å²) in [5.74, 6) is -1.19. The highest BCUT2D eigenvalue weighted by atomic mass is 19.1. The van der Waals surface area contributed by atoms with Crippen LogP contribution in [0.1, 0.15) is 32.8 Å². The van der Waals surface area contributed by atoms with Crippen molar-refractivity contribution < 1.29 is 19.1 Å². The molecule has 0 aromatic heterocycles. The van der Waals surface area contributed by atoms with Gasteiger partial charge in [-0.3, -0.25) is 4.79 Å². The zero-order valence-electron chi connectivity index (χ0n) is 13.7. The lowest BCUT2D eigenvalue weighted by molar-refractivity contribution is -0.147. The maximum atomic E-state index is 13.4. The molecule has 1 atom stereocenters. The van der Waals surface area contributed by atoms with Crippen LogP contribution in [-0.2, 0) is 10.2 Å². The molecule has 1 aliphatic rings. The first-order valence-electron chi connectivity index (χ1n) is 7.66. The molecule has 0 radical (unpaired) electrons. The van der Waals surface area contributed by atoms with Crippen molar-refractivity contribution in [1.29, 1.82) is 0 Å². The molecule has 1 heterocycles. The fourth-order valence-corrected chi connectivity index (χ4v) is 2.73. The molecule has 126 valence electrons. The van der Waals surface area contributed by atoms with Crippen LogP contribution in [0.2, 0.25) is 0 Å². The predicted octanol–water partition coefficient (Wildman–Crippen LogP) is 2.61. The number of halogens is 1. The van der Waals surface area contributed by atoms with Gasteiger partial charge in [0.15, 0.2) is 0 Å². The van der Waals surface area contributed by atoms with Crippen LogP contribution in [0.5, 0.6) is 0 Å². The Kier molecular flexibility index (Phi) is 4.63. The van der Waals surface area contributed by atoms with Crippen LogP contribution in [0.25, 0.3) is 0 Å². The van der Waals surface area contributed by atoms with Crippen LogP contribution in [0.3, 0.4) is 0 Å². The number of benzene rings is 1. The lowest BCUT2D eigenvalue weighted by Crippen LogP contribution is -2.45. The summed E-state index contributed by atoms with van der Waals surface area (Å²) in [6.07, 6.45) is 0.447. The van der Waals surface area contributed by atoms with E-state index in [9.17, 15) is 19.1 Å².